The van der Waals surface area contributed by atoms with Gasteiger partial charge in [-0.25, -0.2) is 9.78 Å². The summed E-state index contributed by atoms with van der Waals surface area (Å²) < 4.78 is 1.97. The van der Waals surface area contributed by atoms with Gasteiger partial charge in [0.1, 0.15) is 5.82 Å². The second-order valence-corrected chi connectivity index (χ2v) is 4.97. The van der Waals surface area contributed by atoms with E-state index in [-0.39, 0.29) is 5.56 Å². The van der Waals surface area contributed by atoms with Crippen LogP contribution in [0.5, 0.6) is 0 Å². The Morgan fingerprint density at radius 3 is 2.76 bits per heavy atom. The fraction of sp³-hybridized carbons (Fsp3) is 0.400. The van der Waals surface area contributed by atoms with Gasteiger partial charge in [-0.2, -0.15) is 0 Å². The normalized spacial score (nSPS) is 11.0. The van der Waals surface area contributed by atoms with Crippen LogP contribution in [0, 0.1) is 0 Å². The number of aryl methyl sites for hydroxylation is 1. The average Bonchev–Trinajstić information content (AvgIpc) is 2.85. The summed E-state index contributed by atoms with van der Waals surface area (Å²) in [7, 11) is 1.95. The number of hydrogen-bond acceptors (Lipinski definition) is 4. The minimum Gasteiger partial charge on any atom is -0.478 e. The topological polar surface area (TPSA) is 71.2 Å². The summed E-state index contributed by atoms with van der Waals surface area (Å²) in [6, 6.07) is 3.24. The van der Waals surface area contributed by atoms with Gasteiger partial charge in [-0.15, -0.1) is 0 Å². The largest absolute Gasteiger partial charge is 0.478 e. The maximum absolute atomic E-state index is 11.3. The first-order valence-corrected chi connectivity index (χ1v) is 6.97. The number of aromatic nitrogens is 3. The zero-order chi connectivity index (χ0) is 15.2. The van der Waals surface area contributed by atoms with E-state index in [0.29, 0.717) is 18.8 Å². The van der Waals surface area contributed by atoms with E-state index >= 15 is 0 Å². The molecule has 0 aliphatic heterocycles. The molecule has 0 aliphatic rings. The van der Waals surface area contributed by atoms with E-state index in [1.54, 1.807) is 24.5 Å². The second-order valence-electron chi connectivity index (χ2n) is 4.97. The predicted molar refractivity (Wildman–Crippen MR) is 78.8 cm³/mol. The number of carboxylic acid groups (broad SMARTS) is 1. The van der Waals surface area contributed by atoms with Gasteiger partial charge in [0.15, 0.2) is 0 Å². The zero-order valence-corrected chi connectivity index (χ0v) is 12.4. The van der Waals surface area contributed by atoms with Crippen LogP contribution in [0.1, 0.15) is 35.2 Å². The Hall–Kier alpha value is -2.21. The van der Waals surface area contributed by atoms with E-state index in [0.717, 1.165) is 18.8 Å². The first-order chi connectivity index (χ1) is 10.1. The Bertz CT molecular complexity index is 609. The minimum absolute atomic E-state index is 0.262. The molecule has 2 aromatic heterocycles. The molecule has 0 saturated heterocycles. The number of nitrogens with zero attached hydrogens (tertiary/aromatic N) is 4. The van der Waals surface area contributed by atoms with Crippen LogP contribution in [-0.4, -0.2) is 37.1 Å². The second kappa shape index (κ2) is 6.99. The molecule has 0 fully saturated rings. The number of pyridine rings is 1. The van der Waals surface area contributed by atoms with Crippen molar-refractivity contribution in [3.63, 3.8) is 0 Å². The van der Waals surface area contributed by atoms with Crippen molar-refractivity contribution < 1.29 is 9.90 Å². The number of rotatable bonds is 7. The quantitative estimate of drug-likeness (QED) is 0.843. The standard InChI is InChI=1S/C15H20N4O2/c1-3-8-19(11-14-17-7-9-18(14)2)10-13-12(15(20)21)5-4-6-16-13/h4-7,9H,3,8,10-11H2,1-2H3,(H,20,21). The average molecular weight is 288 g/mol. The highest BCUT2D eigenvalue weighted by atomic mass is 16.4. The van der Waals surface area contributed by atoms with E-state index in [4.69, 9.17) is 0 Å². The zero-order valence-electron chi connectivity index (χ0n) is 12.4. The molecule has 0 amide bonds. The van der Waals surface area contributed by atoms with Crippen molar-refractivity contribution in [2.24, 2.45) is 7.05 Å². The van der Waals surface area contributed by atoms with Crippen LogP contribution in [0.25, 0.3) is 0 Å². The lowest BCUT2D eigenvalue weighted by atomic mass is 10.2. The van der Waals surface area contributed by atoms with Gasteiger partial charge in [-0.1, -0.05) is 6.92 Å². The van der Waals surface area contributed by atoms with Gasteiger partial charge in [0, 0.05) is 32.2 Å². The minimum atomic E-state index is -0.938. The Kier molecular flexibility index (Phi) is 5.05. The van der Waals surface area contributed by atoms with Crippen LogP contribution < -0.4 is 0 Å². The van der Waals surface area contributed by atoms with Crippen molar-refractivity contribution in [3.05, 3.63) is 47.8 Å². The van der Waals surface area contributed by atoms with E-state index in [1.807, 2.05) is 17.8 Å². The monoisotopic (exact) mass is 288 g/mol. The molecule has 2 rings (SSSR count). The van der Waals surface area contributed by atoms with Gasteiger partial charge in [-0.3, -0.25) is 9.88 Å². The molecule has 2 aromatic rings. The van der Waals surface area contributed by atoms with Crippen molar-refractivity contribution >= 4 is 5.97 Å². The third kappa shape index (κ3) is 3.88. The summed E-state index contributed by atoms with van der Waals surface area (Å²) in [6.45, 7) is 4.14. The number of aromatic carboxylic acids is 1. The lowest BCUT2D eigenvalue weighted by Crippen LogP contribution is -2.26. The molecule has 0 radical (unpaired) electrons. The number of hydrogen-bond donors (Lipinski definition) is 1. The van der Waals surface area contributed by atoms with Crippen molar-refractivity contribution in [1.82, 2.24) is 19.4 Å². The SMILES string of the molecule is CCCN(Cc1ncccc1C(=O)O)Cc1nccn1C. The maximum Gasteiger partial charge on any atom is 0.337 e. The first kappa shape index (κ1) is 15.2. The number of carboxylic acids is 1. The lowest BCUT2D eigenvalue weighted by molar-refractivity contribution is 0.0693. The summed E-state index contributed by atoms with van der Waals surface area (Å²) in [5.41, 5.74) is 0.853. The Morgan fingerprint density at radius 2 is 2.14 bits per heavy atom. The molecular formula is C15H20N4O2. The van der Waals surface area contributed by atoms with Crippen LogP contribution in [-0.2, 0) is 20.1 Å². The van der Waals surface area contributed by atoms with Crippen molar-refractivity contribution in [2.75, 3.05) is 6.54 Å². The van der Waals surface area contributed by atoms with Crippen molar-refractivity contribution in [2.45, 2.75) is 26.4 Å². The molecule has 0 aromatic carbocycles. The predicted octanol–water partition coefficient (Wildman–Crippen LogP) is 1.93. The molecule has 21 heavy (non-hydrogen) atoms. The van der Waals surface area contributed by atoms with E-state index in [2.05, 4.69) is 21.8 Å². The lowest BCUT2D eigenvalue weighted by Gasteiger charge is -2.21. The molecule has 0 atom stereocenters. The molecule has 1 N–H and O–H groups in total. The van der Waals surface area contributed by atoms with Crippen LogP contribution >= 0.6 is 0 Å². The van der Waals surface area contributed by atoms with Crippen molar-refractivity contribution in [1.29, 1.82) is 0 Å². The van der Waals surface area contributed by atoms with E-state index < -0.39 is 5.97 Å². The van der Waals surface area contributed by atoms with Gasteiger partial charge < -0.3 is 9.67 Å². The molecule has 0 spiro atoms. The molecule has 112 valence electrons. The summed E-state index contributed by atoms with van der Waals surface area (Å²) in [6.07, 6.45) is 6.29. The van der Waals surface area contributed by atoms with E-state index in [9.17, 15) is 9.90 Å². The summed E-state index contributed by atoms with van der Waals surface area (Å²) in [5, 5.41) is 9.23. The van der Waals surface area contributed by atoms with Gasteiger partial charge in [0.2, 0.25) is 0 Å². The summed E-state index contributed by atoms with van der Waals surface area (Å²) in [5.74, 6) is 0.0165. The van der Waals surface area contributed by atoms with Gasteiger partial charge in [0.25, 0.3) is 0 Å². The number of imidazole rings is 1. The maximum atomic E-state index is 11.3. The molecule has 6 nitrogen and oxygen atoms in total. The van der Waals surface area contributed by atoms with Gasteiger partial charge in [0.05, 0.1) is 17.8 Å². The van der Waals surface area contributed by atoms with Crippen LogP contribution in [0.3, 0.4) is 0 Å². The molecule has 6 heteroatoms. The smallest absolute Gasteiger partial charge is 0.337 e. The van der Waals surface area contributed by atoms with Crippen LogP contribution in [0.2, 0.25) is 0 Å². The molecule has 0 saturated carbocycles. The third-order valence-corrected chi connectivity index (χ3v) is 3.32. The van der Waals surface area contributed by atoms with Gasteiger partial charge >= 0.3 is 5.97 Å². The molecule has 0 unspecified atom stereocenters. The first-order valence-electron chi connectivity index (χ1n) is 6.97. The Morgan fingerprint density at radius 1 is 1.33 bits per heavy atom. The molecule has 0 aliphatic carbocycles. The number of carbonyl (C=O) groups is 1. The Labute approximate surface area is 124 Å². The highest BCUT2D eigenvalue weighted by Crippen LogP contribution is 2.12. The fourth-order valence-corrected chi connectivity index (χ4v) is 2.25. The Balaban J connectivity index is 2.17. The van der Waals surface area contributed by atoms with Crippen LogP contribution in [0.4, 0.5) is 0 Å². The fourth-order valence-electron chi connectivity index (χ4n) is 2.25. The summed E-state index contributed by atoms with van der Waals surface area (Å²) >= 11 is 0. The molecular weight excluding hydrogens is 268 g/mol. The highest BCUT2D eigenvalue weighted by Gasteiger charge is 2.15. The molecule has 2 heterocycles. The van der Waals surface area contributed by atoms with Crippen molar-refractivity contribution in [3.8, 4) is 0 Å². The summed E-state index contributed by atoms with van der Waals surface area (Å²) in [4.78, 5) is 22.0. The molecule has 0 bridgehead atoms. The van der Waals surface area contributed by atoms with Crippen LogP contribution in [0.15, 0.2) is 30.7 Å². The van der Waals surface area contributed by atoms with Gasteiger partial charge in [-0.05, 0) is 25.1 Å². The third-order valence-electron chi connectivity index (χ3n) is 3.32. The highest BCUT2D eigenvalue weighted by molar-refractivity contribution is 5.88. The van der Waals surface area contributed by atoms with E-state index in [1.165, 1.54) is 0 Å².